The van der Waals surface area contributed by atoms with E-state index in [4.69, 9.17) is 6.42 Å². The summed E-state index contributed by atoms with van der Waals surface area (Å²) in [4.78, 5) is 0.294. The predicted octanol–water partition coefficient (Wildman–Crippen LogP) is 2.00. The maximum Gasteiger partial charge on any atom is 0.242 e. The Hall–Kier alpha value is -1.35. The Labute approximate surface area is 122 Å². The average Bonchev–Trinajstić information content (AvgIpc) is 2.44. The van der Waals surface area contributed by atoms with Crippen molar-refractivity contribution in [2.45, 2.75) is 37.2 Å². The summed E-state index contributed by atoms with van der Waals surface area (Å²) in [6.45, 7) is 4.03. The van der Waals surface area contributed by atoms with Gasteiger partial charge in [0.1, 0.15) is 0 Å². The molecule has 0 bridgehead atoms. The van der Waals surface area contributed by atoms with Gasteiger partial charge in [0, 0.05) is 20.1 Å². The number of hydrogen-bond acceptors (Lipinski definition) is 3. The normalized spacial score (nSPS) is 14.8. The molecule has 1 aromatic rings. The van der Waals surface area contributed by atoms with Gasteiger partial charge in [-0.3, -0.25) is 5.32 Å². The van der Waals surface area contributed by atoms with E-state index in [0.29, 0.717) is 4.90 Å². The molecule has 1 N–H and O–H groups in total. The lowest BCUT2D eigenvalue weighted by molar-refractivity contribution is 0.510. The lowest BCUT2D eigenvalue weighted by atomic mass is 10.1. The standard InChI is InChI=1S/C15H22N2O2S/c1-6-14(7-2)16-12(3)13-8-10-15(11-9-13)20(18,19)17(4)5/h1,8-12,14,16H,7H2,2-5H3. The van der Waals surface area contributed by atoms with Crippen LogP contribution in [0, 0.1) is 12.3 Å². The van der Waals surface area contributed by atoms with E-state index in [9.17, 15) is 8.42 Å². The molecule has 0 amide bonds. The van der Waals surface area contributed by atoms with Gasteiger partial charge in [-0.1, -0.05) is 25.0 Å². The number of hydrogen-bond donors (Lipinski definition) is 1. The monoisotopic (exact) mass is 294 g/mol. The van der Waals surface area contributed by atoms with E-state index in [1.807, 2.05) is 26.0 Å². The summed E-state index contributed by atoms with van der Waals surface area (Å²) in [7, 11) is -0.331. The third kappa shape index (κ3) is 3.83. The summed E-state index contributed by atoms with van der Waals surface area (Å²) in [5, 5.41) is 3.32. The summed E-state index contributed by atoms with van der Waals surface area (Å²) in [6, 6.07) is 6.98. The van der Waals surface area contributed by atoms with Crippen LogP contribution in [-0.2, 0) is 10.0 Å². The number of rotatable bonds is 6. The van der Waals surface area contributed by atoms with Gasteiger partial charge in [-0.2, -0.15) is 0 Å². The molecule has 4 nitrogen and oxygen atoms in total. The highest BCUT2D eigenvalue weighted by Crippen LogP contribution is 2.18. The van der Waals surface area contributed by atoms with Crippen molar-refractivity contribution in [3.63, 3.8) is 0 Å². The molecule has 0 fully saturated rings. The van der Waals surface area contributed by atoms with E-state index in [0.717, 1.165) is 12.0 Å². The Bertz CT molecular complexity index is 571. The molecule has 0 heterocycles. The fourth-order valence-corrected chi connectivity index (χ4v) is 2.72. The highest BCUT2D eigenvalue weighted by molar-refractivity contribution is 7.89. The van der Waals surface area contributed by atoms with Gasteiger partial charge in [0.15, 0.2) is 0 Å². The topological polar surface area (TPSA) is 49.4 Å². The minimum atomic E-state index is -3.37. The third-order valence-electron chi connectivity index (χ3n) is 3.22. The predicted molar refractivity (Wildman–Crippen MR) is 81.8 cm³/mol. The van der Waals surface area contributed by atoms with Crippen LogP contribution >= 0.6 is 0 Å². The minimum absolute atomic E-state index is 0.0233. The maximum atomic E-state index is 12.0. The maximum absolute atomic E-state index is 12.0. The molecule has 2 atom stereocenters. The summed E-state index contributed by atoms with van der Waals surface area (Å²) in [5.74, 6) is 2.69. The molecule has 20 heavy (non-hydrogen) atoms. The Morgan fingerprint density at radius 1 is 1.30 bits per heavy atom. The number of sulfonamides is 1. The van der Waals surface area contributed by atoms with E-state index in [1.54, 1.807) is 12.1 Å². The van der Waals surface area contributed by atoms with E-state index in [-0.39, 0.29) is 12.1 Å². The van der Waals surface area contributed by atoms with Gasteiger partial charge in [0.2, 0.25) is 10.0 Å². The smallest absolute Gasteiger partial charge is 0.242 e. The lowest BCUT2D eigenvalue weighted by Gasteiger charge is -2.19. The van der Waals surface area contributed by atoms with Crippen LogP contribution in [0.4, 0.5) is 0 Å². The molecule has 0 aliphatic carbocycles. The van der Waals surface area contributed by atoms with Gasteiger partial charge in [0.05, 0.1) is 10.9 Å². The van der Waals surface area contributed by atoms with Crippen molar-refractivity contribution in [3.05, 3.63) is 29.8 Å². The molecular formula is C15H22N2O2S. The SMILES string of the molecule is C#CC(CC)NC(C)c1ccc(S(=O)(=O)N(C)C)cc1. The molecule has 0 aromatic heterocycles. The van der Waals surface area contributed by atoms with Crippen LogP contribution in [-0.4, -0.2) is 32.9 Å². The molecule has 0 aliphatic heterocycles. The molecule has 5 heteroatoms. The molecule has 110 valence electrons. The Morgan fingerprint density at radius 2 is 1.85 bits per heavy atom. The van der Waals surface area contributed by atoms with Crippen molar-refractivity contribution in [1.82, 2.24) is 9.62 Å². The van der Waals surface area contributed by atoms with Crippen molar-refractivity contribution in [1.29, 1.82) is 0 Å². The van der Waals surface area contributed by atoms with E-state index >= 15 is 0 Å². The second-order valence-electron chi connectivity index (χ2n) is 4.87. The molecule has 1 aromatic carbocycles. The van der Waals surface area contributed by atoms with Crippen molar-refractivity contribution >= 4 is 10.0 Å². The number of nitrogens with one attached hydrogen (secondary N) is 1. The molecule has 2 unspecified atom stereocenters. The lowest BCUT2D eigenvalue weighted by Crippen LogP contribution is -2.29. The van der Waals surface area contributed by atoms with Crippen LogP contribution in [0.5, 0.6) is 0 Å². The van der Waals surface area contributed by atoms with Crippen LogP contribution in [0.25, 0.3) is 0 Å². The summed E-state index contributed by atoms with van der Waals surface area (Å²) in [5.41, 5.74) is 1.01. The zero-order valence-corrected chi connectivity index (χ0v) is 13.2. The van der Waals surface area contributed by atoms with Crippen LogP contribution in [0.15, 0.2) is 29.2 Å². The molecule has 0 aliphatic rings. The first-order valence-electron chi connectivity index (χ1n) is 6.57. The van der Waals surface area contributed by atoms with E-state index < -0.39 is 10.0 Å². The molecule has 0 radical (unpaired) electrons. The number of benzene rings is 1. The second-order valence-corrected chi connectivity index (χ2v) is 7.02. The first kappa shape index (κ1) is 16.7. The first-order valence-corrected chi connectivity index (χ1v) is 8.01. The van der Waals surface area contributed by atoms with Gasteiger partial charge in [-0.25, -0.2) is 12.7 Å². The van der Waals surface area contributed by atoms with E-state index in [1.165, 1.54) is 18.4 Å². The molecule has 0 saturated carbocycles. The summed E-state index contributed by atoms with van der Waals surface area (Å²) >= 11 is 0. The molecular weight excluding hydrogens is 272 g/mol. The zero-order valence-electron chi connectivity index (χ0n) is 12.4. The largest absolute Gasteiger partial charge is 0.297 e. The average molecular weight is 294 g/mol. The fourth-order valence-electron chi connectivity index (χ4n) is 1.82. The van der Waals surface area contributed by atoms with Gasteiger partial charge < -0.3 is 0 Å². The minimum Gasteiger partial charge on any atom is -0.297 e. The van der Waals surface area contributed by atoms with Gasteiger partial charge in [0.25, 0.3) is 0 Å². The summed E-state index contributed by atoms with van der Waals surface area (Å²) in [6.07, 6.45) is 6.28. The van der Waals surface area contributed by atoms with Crippen LogP contribution in [0.1, 0.15) is 31.9 Å². The van der Waals surface area contributed by atoms with Gasteiger partial charge in [-0.05, 0) is 31.0 Å². The van der Waals surface area contributed by atoms with Crippen molar-refractivity contribution in [2.24, 2.45) is 0 Å². The fraction of sp³-hybridized carbons (Fsp3) is 0.467. The van der Waals surface area contributed by atoms with Gasteiger partial charge in [-0.15, -0.1) is 6.42 Å². The quantitative estimate of drug-likeness (QED) is 0.816. The van der Waals surface area contributed by atoms with Gasteiger partial charge >= 0.3 is 0 Å². The molecule has 1 rings (SSSR count). The molecule has 0 saturated heterocycles. The molecule has 0 spiro atoms. The Kier molecular flexibility index (Phi) is 5.75. The highest BCUT2D eigenvalue weighted by Gasteiger charge is 2.17. The van der Waals surface area contributed by atoms with Crippen molar-refractivity contribution in [2.75, 3.05) is 14.1 Å². The van der Waals surface area contributed by atoms with Crippen molar-refractivity contribution in [3.8, 4) is 12.3 Å². The van der Waals surface area contributed by atoms with Crippen LogP contribution in [0.2, 0.25) is 0 Å². The van der Waals surface area contributed by atoms with Crippen molar-refractivity contribution < 1.29 is 8.42 Å². The Morgan fingerprint density at radius 3 is 2.25 bits per heavy atom. The van der Waals surface area contributed by atoms with Crippen LogP contribution < -0.4 is 5.32 Å². The number of nitrogens with zero attached hydrogens (tertiary/aromatic N) is 1. The number of terminal acetylenes is 1. The van der Waals surface area contributed by atoms with Crippen LogP contribution in [0.3, 0.4) is 0 Å². The third-order valence-corrected chi connectivity index (χ3v) is 5.05. The Balaban J connectivity index is 2.90. The second kappa shape index (κ2) is 6.89. The zero-order chi connectivity index (χ0) is 15.3. The summed E-state index contributed by atoms with van der Waals surface area (Å²) < 4.78 is 25.1. The highest BCUT2D eigenvalue weighted by atomic mass is 32.2. The first-order chi connectivity index (χ1) is 9.32. The van der Waals surface area contributed by atoms with E-state index in [2.05, 4.69) is 11.2 Å².